The molecule has 122 valence electrons. The van der Waals surface area contributed by atoms with E-state index in [1.807, 2.05) is 0 Å². The maximum atomic E-state index is 12.2. The summed E-state index contributed by atoms with van der Waals surface area (Å²) in [7, 11) is 0. The lowest BCUT2D eigenvalue weighted by Crippen LogP contribution is -2.35. The Bertz CT molecular complexity index is 734. The van der Waals surface area contributed by atoms with Crippen molar-refractivity contribution >= 4 is 28.2 Å². The number of furan rings is 1. The van der Waals surface area contributed by atoms with Crippen molar-refractivity contribution in [3.05, 3.63) is 40.2 Å². The second kappa shape index (κ2) is 6.17. The highest BCUT2D eigenvalue weighted by Crippen LogP contribution is 2.37. The van der Waals surface area contributed by atoms with Crippen LogP contribution in [0.4, 0.5) is 5.00 Å². The fourth-order valence-corrected chi connectivity index (χ4v) is 4.06. The number of fused-ring (bicyclic) bond motifs is 1. The normalized spacial score (nSPS) is 14.7. The van der Waals surface area contributed by atoms with E-state index in [4.69, 9.17) is 10.2 Å². The lowest BCUT2D eigenvalue weighted by Gasteiger charge is -2.30. The molecule has 0 radical (unpaired) electrons. The van der Waals surface area contributed by atoms with Crippen molar-refractivity contribution in [1.29, 1.82) is 0 Å². The van der Waals surface area contributed by atoms with E-state index in [9.17, 15) is 9.59 Å². The number of primary amides is 1. The Labute approximate surface area is 138 Å². The van der Waals surface area contributed by atoms with E-state index in [-0.39, 0.29) is 11.7 Å². The lowest BCUT2D eigenvalue weighted by atomic mass is 10.0. The average molecular weight is 333 g/mol. The highest BCUT2D eigenvalue weighted by molar-refractivity contribution is 7.17. The Balaban J connectivity index is 1.92. The molecule has 2 aromatic heterocycles. The molecule has 0 unspecified atom stereocenters. The third-order valence-electron chi connectivity index (χ3n) is 4.04. The largest absolute Gasteiger partial charge is 0.459 e. The zero-order valence-electron chi connectivity index (χ0n) is 13.1. The number of anilines is 1. The number of carbonyl (C=O) groups excluding carboxylic acids is 2. The Morgan fingerprint density at radius 3 is 2.83 bits per heavy atom. The van der Waals surface area contributed by atoms with E-state index >= 15 is 0 Å². The molecule has 0 atom stereocenters. The quantitative estimate of drug-likeness (QED) is 0.899. The third-order valence-corrected chi connectivity index (χ3v) is 5.17. The molecule has 0 bridgehead atoms. The number of hydrogen-bond donors (Lipinski definition) is 2. The van der Waals surface area contributed by atoms with Gasteiger partial charge in [-0.3, -0.25) is 14.5 Å². The molecule has 1 aliphatic rings. The van der Waals surface area contributed by atoms with Gasteiger partial charge in [-0.15, -0.1) is 11.3 Å². The molecular formula is C16H19N3O3S. The molecule has 1 aliphatic heterocycles. The van der Waals surface area contributed by atoms with Gasteiger partial charge < -0.3 is 15.5 Å². The molecule has 0 aliphatic carbocycles. The van der Waals surface area contributed by atoms with Gasteiger partial charge in [-0.1, -0.05) is 0 Å². The summed E-state index contributed by atoms with van der Waals surface area (Å²) in [4.78, 5) is 27.5. The average Bonchev–Trinajstić information content (AvgIpc) is 3.13. The van der Waals surface area contributed by atoms with E-state index in [0.29, 0.717) is 16.6 Å². The van der Waals surface area contributed by atoms with Crippen molar-refractivity contribution in [2.45, 2.75) is 32.9 Å². The monoisotopic (exact) mass is 333 g/mol. The minimum Gasteiger partial charge on any atom is -0.459 e. The Kier molecular flexibility index (Phi) is 4.23. The zero-order chi connectivity index (χ0) is 16.6. The molecule has 2 amide bonds. The van der Waals surface area contributed by atoms with Gasteiger partial charge in [0, 0.05) is 24.0 Å². The number of nitrogens with zero attached hydrogens (tertiary/aromatic N) is 1. The van der Waals surface area contributed by atoms with Crippen LogP contribution in [0, 0.1) is 0 Å². The SMILES string of the molecule is CC(C)N1CCc2c(sc(NC(=O)c3ccco3)c2C(N)=O)C1. The first-order valence-corrected chi connectivity index (χ1v) is 8.32. The summed E-state index contributed by atoms with van der Waals surface area (Å²) < 4.78 is 5.09. The van der Waals surface area contributed by atoms with Gasteiger partial charge in [-0.25, -0.2) is 0 Å². The highest BCUT2D eigenvalue weighted by Gasteiger charge is 2.28. The van der Waals surface area contributed by atoms with Crippen molar-refractivity contribution in [2.75, 3.05) is 11.9 Å². The van der Waals surface area contributed by atoms with Crippen molar-refractivity contribution in [3.63, 3.8) is 0 Å². The molecule has 3 rings (SSSR count). The van der Waals surface area contributed by atoms with Crippen LogP contribution < -0.4 is 11.1 Å². The summed E-state index contributed by atoms with van der Waals surface area (Å²) in [5.41, 5.74) is 6.96. The first kappa shape index (κ1) is 15.8. The summed E-state index contributed by atoms with van der Waals surface area (Å²) in [5.74, 6) is -0.678. The Hall–Kier alpha value is -2.12. The second-order valence-electron chi connectivity index (χ2n) is 5.82. The van der Waals surface area contributed by atoms with Gasteiger partial charge in [-0.05, 0) is 38.0 Å². The number of nitrogens with one attached hydrogen (secondary N) is 1. The van der Waals surface area contributed by atoms with E-state index in [1.165, 1.54) is 17.6 Å². The minimum atomic E-state index is -0.504. The Morgan fingerprint density at radius 1 is 1.43 bits per heavy atom. The molecule has 2 aromatic rings. The minimum absolute atomic E-state index is 0.204. The van der Waals surface area contributed by atoms with Crippen LogP contribution in [0.25, 0.3) is 0 Å². The predicted molar refractivity (Wildman–Crippen MR) is 88.7 cm³/mol. The standard InChI is InChI=1S/C16H19N3O3S/c1-9(2)19-6-5-10-12(8-19)23-16(13(10)14(17)20)18-15(21)11-4-3-7-22-11/h3-4,7,9H,5-6,8H2,1-2H3,(H2,17,20)(H,18,21). The summed E-state index contributed by atoms with van der Waals surface area (Å²) in [6.07, 6.45) is 2.20. The number of amides is 2. The molecule has 0 fully saturated rings. The van der Waals surface area contributed by atoms with Crippen LogP contribution in [0.1, 0.15) is 45.2 Å². The molecule has 0 saturated carbocycles. The molecular weight excluding hydrogens is 314 g/mol. The van der Waals surface area contributed by atoms with E-state index in [2.05, 4.69) is 24.1 Å². The maximum Gasteiger partial charge on any atom is 0.291 e. The van der Waals surface area contributed by atoms with Crippen molar-refractivity contribution in [1.82, 2.24) is 4.90 Å². The van der Waals surface area contributed by atoms with Crippen molar-refractivity contribution < 1.29 is 14.0 Å². The van der Waals surface area contributed by atoms with Gasteiger partial charge in [0.1, 0.15) is 5.00 Å². The van der Waals surface area contributed by atoms with Gasteiger partial charge >= 0.3 is 0 Å². The van der Waals surface area contributed by atoms with Gasteiger partial charge in [0.2, 0.25) is 0 Å². The summed E-state index contributed by atoms with van der Waals surface area (Å²) >= 11 is 1.42. The van der Waals surface area contributed by atoms with Crippen LogP contribution in [0.5, 0.6) is 0 Å². The van der Waals surface area contributed by atoms with Gasteiger partial charge in [0.05, 0.1) is 11.8 Å². The highest BCUT2D eigenvalue weighted by atomic mass is 32.1. The smallest absolute Gasteiger partial charge is 0.291 e. The number of thiophene rings is 1. The fraction of sp³-hybridized carbons (Fsp3) is 0.375. The first-order chi connectivity index (χ1) is 11.0. The molecule has 7 heteroatoms. The molecule has 3 N–H and O–H groups in total. The molecule has 0 aromatic carbocycles. The van der Waals surface area contributed by atoms with Gasteiger partial charge in [-0.2, -0.15) is 0 Å². The molecule has 0 spiro atoms. The maximum absolute atomic E-state index is 12.2. The van der Waals surface area contributed by atoms with Gasteiger partial charge in [0.15, 0.2) is 5.76 Å². The lowest BCUT2D eigenvalue weighted by molar-refractivity contribution is 0.0997. The fourth-order valence-electron chi connectivity index (χ4n) is 2.79. The van der Waals surface area contributed by atoms with E-state index in [1.54, 1.807) is 12.1 Å². The van der Waals surface area contributed by atoms with Crippen LogP contribution in [0.3, 0.4) is 0 Å². The van der Waals surface area contributed by atoms with Crippen LogP contribution in [0.15, 0.2) is 22.8 Å². The second-order valence-corrected chi connectivity index (χ2v) is 6.92. The van der Waals surface area contributed by atoms with Crippen molar-refractivity contribution in [3.8, 4) is 0 Å². The number of rotatable bonds is 4. The molecule has 3 heterocycles. The summed E-state index contributed by atoms with van der Waals surface area (Å²) in [6, 6.07) is 3.65. The predicted octanol–water partition coefficient (Wildman–Crippen LogP) is 2.46. The molecule has 23 heavy (non-hydrogen) atoms. The Morgan fingerprint density at radius 2 is 2.22 bits per heavy atom. The first-order valence-electron chi connectivity index (χ1n) is 7.50. The van der Waals surface area contributed by atoms with Crippen LogP contribution >= 0.6 is 11.3 Å². The van der Waals surface area contributed by atoms with E-state index < -0.39 is 5.91 Å². The topological polar surface area (TPSA) is 88.6 Å². The van der Waals surface area contributed by atoms with Crippen LogP contribution in [0.2, 0.25) is 0 Å². The number of nitrogens with two attached hydrogens (primary N) is 1. The zero-order valence-corrected chi connectivity index (χ0v) is 13.9. The molecule has 0 saturated heterocycles. The summed E-state index contributed by atoms with van der Waals surface area (Å²) in [6.45, 7) is 5.95. The molecule has 6 nitrogen and oxygen atoms in total. The number of hydrogen-bond acceptors (Lipinski definition) is 5. The third kappa shape index (κ3) is 3.02. The number of carbonyl (C=O) groups is 2. The van der Waals surface area contributed by atoms with Gasteiger partial charge in [0.25, 0.3) is 11.8 Å². The van der Waals surface area contributed by atoms with Crippen LogP contribution in [-0.2, 0) is 13.0 Å². The van der Waals surface area contributed by atoms with Crippen molar-refractivity contribution in [2.24, 2.45) is 5.73 Å². The summed E-state index contributed by atoms with van der Waals surface area (Å²) in [5, 5.41) is 3.27. The van der Waals surface area contributed by atoms with Crippen LogP contribution in [-0.4, -0.2) is 29.3 Å². The van der Waals surface area contributed by atoms with E-state index in [0.717, 1.165) is 30.0 Å².